The number of anilines is 3. The Kier molecular flexibility index (Phi) is 7.29. The molecule has 0 radical (unpaired) electrons. The van der Waals surface area contributed by atoms with Crippen LogP contribution in [-0.4, -0.2) is 26.6 Å². The van der Waals surface area contributed by atoms with E-state index in [4.69, 9.17) is 5.73 Å². The van der Waals surface area contributed by atoms with Crippen LogP contribution < -0.4 is 16.4 Å². The Bertz CT molecular complexity index is 1630. The number of aromatic nitrogens is 3. The van der Waals surface area contributed by atoms with Crippen molar-refractivity contribution >= 4 is 29.1 Å². The van der Waals surface area contributed by atoms with Crippen molar-refractivity contribution in [1.82, 2.24) is 14.8 Å². The van der Waals surface area contributed by atoms with Crippen molar-refractivity contribution in [3.05, 3.63) is 88.6 Å². The van der Waals surface area contributed by atoms with E-state index in [0.29, 0.717) is 41.9 Å². The first kappa shape index (κ1) is 27.9. The van der Waals surface area contributed by atoms with Gasteiger partial charge in [0.15, 0.2) is 0 Å². The minimum atomic E-state index is -4.56. The number of hydrogen-bond donors (Lipinski definition) is 3. The van der Waals surface area contributed by atoms with Crippen molar-refractivity contribution in [3.63, 3.8) is 0 Å². The van der Waals surface area contributed by atoms with Gasteiger partial charge in [0.1, 0.15) is 22.9 Å². The molecular weight excluding hydrogens is 533 g/mol. The van der Waals surface area contributed by atoms with Crippen LogP contribution >= 0.6 is 0 Å². The number of nitrogens with zero attached hydrogens (tertiary/aromatic N) is 3. The largest absolute Gasteiger partial charge is 0.416 e. The van der Waals surface area contributed by atoms with Gasteiger partial charge in [-0.25, -0.2) is 9.67 Å². The second kappa shape index (κ2) is 10.7. The lowest BCUT2D eigenvalue weighted by Gasteiger charge is -2.18. The van der Waals surface area contributed by atoms with E-state index in [1.165, 1.54) is 17.7 Å². The maximum Gasteiger partial charge on any atom is 0.416 e. The average Bonchev–Trinajstić information content (AvgIpc) is 3.20. The van der Waals surface area contributed by atoms with Crippen LogP contribution in [-0.2, 0) is 19.1 Å². The number of amides is 2. The summed E-state index contributed by atoms with van der Waals surface area (Å²) in [4.78, 5) is 29.1. The SMILES string of the molecule is CC(C)C(C)c1ccc2c(c1)CCn1nc(-c3ccc(C(=O)Nc4cc(C(F)(F)F)ccn4)cc3)c(C(N)=O)c1N2. The van der Waals surface area contributed by atoms with Gasteiger partial charge in [-0.3, -0.25) is 9.59 Å². The fraction of sp³-hybridized carbons (Fsp3) is 0.267. The molecule has 5 rings (SSSR count). The Morgan fingerprint density at radius 2 is 1.78 bits per heavy atom. The third-order valence-corrected chi connectivity index (χ3v) is 7.45. The van der Waals surface area contributed by atoms with Crippen LogP contribution in [0.2, 0.25) is 0 Å². The van der Waals surface area contributed by atoms with Gasteiger partial charge in [0.05, 0.1) is 5.56 Å². The number of fused-ring (bicyclic) bond motifs is 2. The maximum absolute atomic E-state index is 13.0. The molecule has 11 heteroatoms. The summed E-state index contributed by atoms with van der Waals surface area (Å²) >= 11 is 0. The molecule has 1 atom stereocenters. The first-order chi connectivity index (χ1) is 19.4. The van der Waals surface area contributed by atoms with Gasteiger partial charge in [0.2, 0.25) is 0 Å². The molecule has 2 amide bonds. The third kappa shape index (κ3) is 5.65. The molecule has 1 aliphatic heterocycles. The number of benzene rings is 2. The van der Waals surface area contributed by atoms with Crippen molar-refractivity contribution in [2.75, 3.05) is 10.6 Å². The molecule has 4 aromatic rings. The molecule has 1 unspecified atom stereocenters. The Hall–Kier alpha value is -4.67. The summed E-state index contributed by atoms with van der Waals surface area (Å²) in [6.45, 7) is 7.12. The number of halogens is 3. The molecule has 2 aromatic heterocycles. The Morgan fingerprint density at radius 1 is 1.05 bits per heavy atom. The summed E-state index contributed by atoms with van der Waals surface area (Å²) in [6.07, 6.45) is -2.87. The molecule has 41 heavy (non-hydrogen) atoms. The van der Waals surface area contributed by atoms with Gasteiger partial charge >= 0.3 is 6.18 Å². The van der Waals surface area contributed by atoms with Crippen LogP contribution in [0, 0.1) is 5.92 Å². The highest BCUT2D eigenvalue weighted by Gasteiger charge is 2.31. The molecule has 0 saturated heterocycles. The third-order valence-electron chi connectivity index (χ3n) is 7.45. The van der Waals surface area contributed by atoms with E-state index in [-0.39, 0.29) is 16.9 Å². The van der Waals surface area contributed by atoms with Gasteiger partial charge in [0, 0.05) is 29.6 Å². The Labute approximate surface area is 234 Å². The minimum absolute atomic E-state index is 0.188. The topological polar surface area (TPSA) is 115 Å². The fourth-order valence-corrected chi connectivity index (χ4v) is 4.79. The number of pyridine rings is 1. The number of primary amides is 1. The van der Waals surface area contributed by atoms with E-state index in [9.17, 15) is 22.8 Å². The highest BCUT2D eigenvalue weighted by Crippen LogP contribution is 2.36. The number of carbonyl (C=O) groups is 2. The van der Waals surface area contributed by atoms with Crippen molar-refractivity contribution in [2.45, 2.75) is 45.8 Å². The second-order valence-electron chi connectivity index (χ2n) is 10.4. The molecule has 2 aromatic carbocycles. The predicted molar refractivity (Wildman–Crippen MR) is 150 cm³/mol. The highest BCUT2D eigenvalue weighted by atomic mass is 19.4. The number of nitrogens with one attached hydrogen (secondary N) is 2. The molecule has 0 fully saturated rings. The standard InChI is InChI=1S/C30H29F3N6O2/c1-16(2)17(3)20-8-9-23-21(14-20)11-13-39-28(36-23)25(27(34)40)26(38-39)18-4-6-19(7-5-18)29(41)37-24-15-22(10-12-35-24)30(31,32)33/h4-10,12,14-17,36H,11,13H2,1-3H3,(H2,34,40)(H,35,37,41). The van der Waals surface area contributed by atoms with Crippen LogP contribution in [0.1, 0.15) is 64.1 Å². The Balaban J connectivity index is 1.40. The van der Waals surface area contributed by atoms with Gasteiger partial charge < -0.3 is 16.4 Å². The Morgan fingerprint density at radius 3 is 2.44 bits per heavy atom. The van der Waals surface area contributed by atoms with Crippen LogP contribution in [0.4, 0.5) is 30.5 Å². The second-order valence-corrected chi connectivity index (χ2v) is 10.4. The zero-order valence-electron chi connectivity index (χ0n) is 22.7. The summed E-state index contributed by atoms with van der Waals surface area (Å²) in [5.41, 5.74) is 9.48. The molecule has 0 spiro atoms. The summed E-state index contributed by atoms with van der Waals surface area (Å²) < 4.78 is 40.7. The van der Waals surface area contributed by atoms with Crippen LogP contribution in [0.5, 0.6) is 0 Å². The number of carbonyl (C=O) groups excluding carboxylic acids is 2. The molecular formula is C30H29F3N6O2. The number of rotatable bonds is 6. The predicted octanol–water partition coefficient (Wildman–Crippen LogP) is 6.37. The van der Waals surface area contributed by atoms with Crippen LogP contribution in [0.15, 0.2) is 60.8 Å². The van der Waals surface area contributed by atoms with E-state index >= 15 is 0 Å². The van der Waals surface area contributed by atoms with Gasteiger partial charge in [0.25, 0.3) is 11.8 Å². The fourth-order valence-electron chi connectivity index (χ4n) is 4.79. The van der Waals surface area contributed by atoms with Crippen molar-refractivity contribution in [2.24, 2.45) is 11.7 Å². The van der Waals surface area contributed by atoms with Gasteiger partial charge in [-0.1, -0.05) is 45.0 Å². The van der Waals surface area contributed by atoms with Crippen LogP contribution in [0.3, 0.4) is 0 Å². The minimum Gasteiger partial charge on any atom is -0.365 e. The molecule has 0 bridgehead atoms. The smallest absolute Gasteiger partial charge is 0.365 e. The number of hydrogen-bond acceptors (Lipinski definition) is 5. The van der Waals surface area contributed by atoms with Crippen molar-refractivity contribution < 1.29 is 22.8 Å². The molecule has 0 aliphatic carbocycles. The summed E-state index contributed by atoms with van der Waals surface area (Å²) in [5, 5.41) is 10.4. The normalized spacial score (nSPS) is 13.5. The van der Waals surface area contributed by atoms with Crippen molar-refractivity contribution in [1.29, 1.82) is 0 Å². The van der Waals surface area contributed by atoms with E-state index in [2.05, 4.69) is 53.6 Å². The van der Waals surface area contributed by atoms with E-state index in [1.54, 1.807) is 16.8 Å². The first-order valence-corrected chi connectivity index (χ1v) is 13.2. The average molecular weight is 563 g/mol. The number of nitrogens with two attached hydrogens (primary N) is 1. The lowest BCUT2D eigenvalue weighted by Crippen LogP contribution is -2.15. The summed E-state index contributed by atoms with van der Waals surface area (Å²) in [5.74, 6) is -0.114. The van der Waals surface area contributed by atoms with E-state index in [1.807, 2.05) is 6.07 Å². The van der Waals surface area contributed by atoms with E-state index in [0.717, 1.165) is 29.6 Å². The molecule has 8 nitrogen and oxygen atoms in total. The monoisotopic (exact) mass is 562 g/mol. The van der Waals surface area contributed by atoms with E-state index < -0.39 is 23.6 Å². The lowest BCUT2D eigenvalue weighted by atomic mass is 9.88. The summed E-state index contributed by atoms with van der Waals surface area (Å²) in [6, 6.07) is 14.1. The molecule has 3 heterocycles. The van der Waals surface area contributed by atoms with Gasteiger partial charge in [-0.15, -0.1) is 0 Å². The lowest BCUT2D eigenvalue weighted by molar-refractivity contribution is -0.137. The van der Waals surface area contributed by atoms with Gasteiger partial charge in [-0.2, -0.15) is 18.3 Å². The quantitative estimate of drug-likeness (QED) is 0.253. The first-order valence-electron chi connectivity index (χ1n) is 13.2. The van der Waals surface area contributed by atoms with Gasteiger partial charge in [-0.05, 0) is 59.7 Å². The van der Waals surface area contributed by atoms with Crippen LogP contribution in [0.25, 0.3) is 11.3 Å². The zero-order valence-corrected chi connectivity index (χ0v) is 22.7. The summed E-state index contributed by atoms with van der Waals surface area (Å²) in [7, 11) is 0. The maximum atomic E-state index is 13.0. The number of aryl methyl sites for hydroxylation is 2. The number of alkyl halides is 3. The molecule has 4 N–H and O–H groups in total. The van der Waals surface area contributed by atoms with Crippen molar-refractivity contribution in [3.8, 4) is 11.3 Å². The molecule has 0 saturated carbocycles. The highest BCUT2D eigenvalue weighted by molar-refractivity contribution is 6.06. The molecule has 1 aliphatic rings. The zero-order chi connectivity index (χ0) is 29.5. The molecule has 212 valence electrons.